The Balaban J connectivity index is 4.03. The Kier molecular flexibility index (Phi) is 27.8. The van der Waals surface area contributed by atoms with Gasteiger partial charge < -0.3 is 10.4 Å². The number of carbonyl (C=O) groups excluding carboxylic acids is 1. The second-order valence-electron chi connectivity index (χ2n) is 11.1. The first-order valence-corrected chi connectivity index (χ1v) is 18.1. The van der Waals surface area contributed by atoms with Crippen molar-refractivity contribution in [2.24, 2.45) is 0 Å². The summed E-state index contributed by atoms with van der Waals surface area (Å²) in [5.41, 5.74) is 0. The molecule has 2 atom stereocenters. The third-order valence-electron chi connectivity index (χ3n) is 6.99. The van der Waals surface area contributed by atoms with Crippen LogP contribution in [0.3, 0.4) is 0 Å². The fourth-order valence-corrected chi connectivity index (χ4v) is 5.25. The number of aliphatic hydroxyl groups is 1. The molecule has 42 heavy (non-hydrogen) atoms. The van der Waals surface area contributed by atoms with Crippen molar-refractivity contribution in [3.05, 3.63) is 60.8 Å². The number of hydrogen-bond acceptors (Lipinski definition) is 4. The molecule has 2 unspecified atom stereocenters. The van der Waals surface area contributed by atoms with Gasteiger partial charge in [-0.2, -0.15) is 8.42 Å². The quantitative estimate of drug-likeness (QED) is 0.0468. The molecule has 0 aromatic heterocycles. The molecule has 0 rings (SSSR count). The highest BCUT2D eigenvalue weighted by molar-refractivity contribution is 7.85. The molecule has 0 saturated heterocycles. The minimum absolute atomic E-state index is 0.272. The fraction of sp³-hybridized carbons (Fsp3) is 0.686. The predicted molar refractivity (Wildman–Crippen MR) is 179 cm³/mol. The van der Waals surface area contributed by atoms with Gasteiger partial charge in [0.05, 0.1) is 17.9 Å². The Morgan fingerprint density at radius 2 is 1.19 bits per heavy atom. The van der Waals surface area contributed by atoms with Gasteiger partial charge in [0.1, 0.15) is 0 Å². The summed E-state index contributed by atoms with van der Waals surface area (Å²) in [6.07, 6.45) is 39.4. The lowest BCUT2D eigenvalue weighted by Crippen LogP contribution is -2.46. The highest BCUT2D eigenvalue weighted by atomic mass is 32.2. The van der Waals surface area contributed by atoms with Crippen molar-refractivity contribution in [3.8, 4) is 0 Å². The van der Waals surface area contributed by atoms with Crippen LogP contribution >= 0.6 is 0 Å². The molecule has 0 heterocycles. The molecule has 0 aliphatic heterocycles. The van der Waals surface area contributed by atoms with Crippen LogP contribution in [0.25, 0.3) is 0 Å². The van der Waals surface area contributed by atoms with Crippen LogP contribution in [-0.4, -0.2) is 41.9 Å². The van der Waals surface area contributed by atoms with E-state index in [1.54, 1.807) is 6.08 Å². The number of carbonyl (C=O) groups is 1. The van der Waals surface area contributed by atoms with Gasteiger partial charge in [0.25, 0.3) is 10.1 Å². The molecule has 0 aromatic carbocycles. The molecule has 0 saturated carbocycles. The van der Waals surface area contributed by atoms with E-state index in [0.717, 1.165) is 51.4 Å². The molecule has 1 amide bonds. The first-order valence-electron chi connectivity index (χ1n) is 16.5. The summed E-state index contributed by atoms with van der Waals surface area (Å²) >= 11 is 0. The summed E-state index contributed by atoms with van der Waals surface area (Å²) in [6.45, 7) is 4.24. The van der Waals surface area contributed by atoms with Crippen LogP contribution in [0.5, 0.6) is 0 Å². The Morgan fingerprint density at radius 3 is 1.76 bits per heavy atom. The van der Waals surface area contributed by atoms with Gasteiger partial charge in [-0.15, -0.1) is 0 Å². The van der Waals surface area contributed by atoms with Crippen molar-refractivity contribution in [2.45, 2.75) is 148 Å². The van der Waals surface area contributed by atoms with Crippen LogP contribution in [0.2, 0.25) is 0 Å². The lowest BCUT2D eigenvalue weighted by Gasteiger charge is -2.21. The summed E-state index contributed by atoms with van der Waals surface area (Å²) in [7, 11) is -4.35. The average molecular weight is 608 g/mol. The van der Waals surface area contributed by atoms with Gasteiger partial charge in [0.2, 0.25) is 5.91 Å². The molecule has 0 fully saturated rings. The largest absolute Gasteiger partial charge is 0.387 e. The zero-order valence-corrected chi connectivity index (χ0v) is 27.4. The number of nitrogens with one attached hydrogen (secondary N) is 1. The number of hydrogen-bond donors (Lipinski definition) is 3. The summed E-state index contributed by atoms with van der Waals surface area (Å²) in [5.74, 6) is -1.03. The average Bonchev–Trinajstić information content (AvgIpc) is 2.94. The Labute approximate surface area is 258 Å². The third kappa shape index (κ3) is 29.5. The smallest absolute Gasteiger partial charge is 0.267 e. The summed E-state index contributed by atoms with van der Waals surface area (Å²) in [6, 6.07) is -1.08. The van der Waals surface area contributed by atoms with E-state index in [9.17, 15) is 22.9 Å². The molecule has 7 heteroatoms. The maximum Gasteiger partial charge on any atom is 0.267 e. The standard InChI is InChI=1S/C35H61NO5S/c1-3-5-7-9-11-13-14-15-16-17-18-19-20-21-23-25-27-29-31-35(38)36-33(32-42(39,40)41)34(37)30-28-26-24-22-12-10-8-6-4-2/h4,6,12-14,16-17,22,28,30,33-34,37H,3,5,7-11,15,18-21,23-27,29,31-32H2,1-2H3,(H,36,38)(H,39,40,41)/b6-4+,14-13-,17-16-,22-12+,30-28+. The Bertz CT molecular complexity index is 889. The highest BCUT2D eigenvalue weighted by Gasteiger charge is 2.24. The first-order chi connectivity index (χ1) is 20.3. The lowest BCUT2D eigenvalue weighted by atomic mass is 10.1. The normalized spacial score (nSPS) is 14.3. The molecule has 3 N–H and O–H groups in total. The summed E-state index contributed by atoms with van der Waals surface area (Å²) in [4.78, 5) is 12.4. The fourth-order valence-electron chi connectivity index (χ4n) is 4.52. The van der Waals surface area contributed by atoms with Crippen molar-refractivity contribution < 1.29 is 22.9 Å². The minimum Gasteiger partial charge on any atom is -0.387 e. The Hall–Kier alpha value is -1.96. The van der Waals surface area contributed by atoms with Crippen LogP contribution in [0.4, 0.5) is 0 Å². The molecule has 242 valence electrons. The predicted octanol–water partition coefficient (Wildman–Crippen LogP) is 8.95. The molecular weight excluding hydrogens is 546 g/mol. The first kappa shape index (κ1) is 40.0. The van der Waals surface area contributed by atoms with Gasteiger partial charge in [-0.1, -0.05) is 119 Å². The van der Waals surface area contributed by atoms with Crippen molar-refractivity contribution in [1.29, 1.82) is 0 Å². The molecule has 0 bridgehead atoms. The maximum absolute atomic E-state index is 12.4. The Morgan fingerprint density at radius 1 is 0.690 bits per heavy atom. The third-order valence-corrected chi connectivity index (χ3v) is 7.77. The van der Waals surface area contributed by atoms with Gasteiger partial charge in [0.15, 0.2) is 0 Å². The second kappa shape index (κ2) is 29.1. The van der Waals surface area contributed by atoms with Crippen LogP contribution in [0.1, 0.15) is 136 Å². The minimum atomic E-state index is -4.35. The molecule has 0 spiro atoms. The SMILES string of the molecule is C/C=C/CC/C=C/CC/C=C/C(O)C(CS(=O)(=O)O)NC(=O)CCCCCCCCC/C=C\C/C=C\CCCCCC. The number of unbranched alkanes of at least 4 members (excludes halogenated alkanes) is 13. The molecule has 6 nitrogen and oxygen atoms in total. The van der Waals surface area contributed by atoms with Crippen molar-refractivity contribution in [2.75, 3.05) is 5.75 Å². The zero-order valence-electron chi connectivity index (χ0n) is 26.6. The van der Waals surface area contributed by atoms with E-state index in [4.69, 9.17) is 0 Å². The summed E-state index contributed by atoms with van der Waals surface area (Å²) < 4.78 is 32.2. The topological polar surface area (TPSA) is 104 Å². The van der Waals surface area contributed by atoms with E-state index < -0.39 is 28.0 Å². The molecular formula is C35H61NO5S. The lowest BCUT2D eigenvalue weighted by molar-refractivity contribution is -0.122. The molecule has 0 radical (unpaired) electrons. The maximum atomic E-state index is 12.4. The number of rotatable bonds is 28. The van der Waals surface area contributed by atoms with Crippen LogP contribution in [0, 0.1) is 0 Å². The molecule has 0 aliphatic rings. The van der Waals surface area contributed by atoms with Gasteiger partial charge in [-0.3, -0.25) is 9.35 Å². The van der Waals surface area contributed by atoms with Crippen molar-refractivity contribution in [3.63, 3.8) is 0 Å². The zero-order chi connectivity index (χ0) is 31.2. The number of amides is 1. The summed E-state index contributed by atoms with van der Waals surface area (Å²) in [5, 5.41) is 13.0. The highest BCUT2D eigenvalue weighted by Crippen LogP contribution is 2.11. The second-order valence-corrected chi connectivity index (χ2v) is 12.6. The van der Waals surface area contributed by atoms with E-state index in [0.29, 0.717) is 12.8 Å². The van der Waals surface area contributed by atoms with Crippen LogP contribution in [-0.2, 0) is 14.9 Å². The molecule has 0 aliphatic carbocycles. The van der Waals surface area contributed by atoms with Gasteiger partial charge in [-0.25, -0.2) is 0 Å². The van der Waals surface area contributed by atoms with Crippen molar-refractivity contribution in [1.82, 2.24) is 5.32 Å². The number of allylic oxidation sites excluding steroid dienone is 9. The van der Waals surface area contributed by atoms with Crippen LogP contribution in [0.15, 0.2) is 60.8 Å². The van der Waals surface area contributed by atoms with Gasteiger partial charge in [-0.05, 0) is 71.1 Å². The van der Waals surface area contributed by atoms with Gasteiger partial charge >= 0.3 is 0 Å². The van der Waals surface area contributed by atoms with Crippen molar-refractivity contribution >= 4 is 16.0 Å². The monoisotopic (exact) mass is 607 g/mol. The van der Waals surface area contributed by atoms with Crippen LogP contribution < -0.4 is 5.32 Å². The van der Waals surface area contributed by atoms with E-state index in [1.165, 1.54) is 57.4 Å². The molecule has 0 aromatic rings. The van der Waals surface area contributed by atoms with Gasteiger partial charge in [0, 0.05) is 6.42 Å². The van der Waals surface area contributed by atoms with E-state index in [2.05, 4.69) is 54.8 Å². The van der Waals surface area contributed by atoms with E-state index in [1.807, 2.05) is 13.0 Å². The van der Waals surface area contributed by atoms with E-state index in [-0.39, 0.29) is 12.3 Å². The van der Waals surface area contributed by atoms with E-state index >= 15 is 0 Å². The number of aliphatic hydroxyl groups excluding tert-OH is 1.